The zero-order chi connectivity index (χ0) is 20.9. The van der Waals surface area contributed by atoms with Crippen molar-refractivity contribution in [3.63, 3.8) is 0 Å². The van der Waals surface area contributed by atoms with Crippen molar-refractivity contribution in [2.24, 2.45) is 0 Å². The van der Waals surface area contributed by atoms with E-state index in [9.17, 15) is 18.0 Å². The molecule has 0 aliphatic carbocycles. The molecule has 0 heterocycles. The Hall–Kier alpha value is -2.09. The van der Waals surface area contributed by atoms with Crippen molar-refractivity contribution in [1.29, 1.82) is 0 Å². The molecule has 0 aromatic heterocycles. The molecule has 0 saturated carbocycles. The number of nitrogens with one attached hydrogen (secondary N) is 1. The van der Waals surface area contributed by atoms with Crippen LogP contribution in [0.15, 0.2) is 41.3 Å². The number of hydrogen-bond acceptors (Lipinski definition) is 5. The maximum absolute atomic E-state index is 12.3. The third-order valence-electron chi connectivity index (χ3n) is 3.91. The molecule has 0 aliphatic rings. The fourth-order valence-electron chi connectivity index (χ4n) is 2.45. The van der Waals surface area contributed by atoms with Gasteiger partial charge in [-0.3, -0.25) is 9.59 Å². The smallest absolute Gasteiger partial charge is 0.307 e. The van der Waals surface area contributed by atoms with Gasteiger partial charge in [0.25, 0.3) is 5.91 Å². The summed E-state index contributed by atoms with van der Waals surface area (Å²) >= 11 is 11.7. The number of amides is 1. The Morgan fingerprint density at radius 3 is 2.36 bits per heavy atom. The lowest BCUT2D eigenvalue weighted by atomic mass is 10.1. The highest BCUT2D eigenvalue weighted by atomic mass is 35.5. The molecular formula is C19H19Cl2NO5S. The first-order valence-corrected chi connectivity index (χ1v) is 10.7. The second kappa shape index (κ2) is 9.41. The highest BCUT2D eigenvalue weighted by Gasteiger charge is 2.21. The number of sulfone groups is 1. The molecule has 0 atom stereocenters. The molecule has 1 N–H and O–H groups in total. The molecule has 6 nitrogen and oxygen atoms in total. The molecule has 2 aromatic carbocycles. The molecule has 2 aromatic rings. The first-order chi connectivity index (χ1) is 13.1. The average molecular weight is 444 g/mol. The van der Waals surface area contributed by atoms with E-state index < -0.39 is 40.5 Å². The molecule has 2 rings (SSSR count). The van der Waals surface area contributed by atoms with Crippen LogP contribution >= 0.6 is 23.2 Å². The summed E-state index contributed by atoms with van der Waals surface area (Å²) in [6.45, 7) is 3.19. The Morgan fingerprint density at radius 1 is 1.07 bits per heavy atom. The number of esters is 1. The van der Waals surface area contributed by atoms with Gasteiger partial charge < -0.3 is 10.1 Å². The van der Waals surface area contributed by atoms with E-state index in [0.717, 1.165) is 11.1 Å². The van der Waals surface area contributed by atoms with Crippen LogP contribution < -0.4 is 5.32 Å². The lowest BCUT2D eigenvalue weighted by molar-refractivity contribution is -0.146. The minimum absolute atomic E-state index is 0.0192. The van der Waals surface area contributed by atoms with Gasteiger partial charge in [0.1, 0.15) is 0 Å². The van der Waals surface area contributed by atoms with E-state index in [1.807, 2.05) is 32.0 Å². The topological polar surface area (TPSA) is 89.5 Å². The lowest BCUT2D eigenvalue weighted by Crippen LogP contribution is -2.23. The van der Waals surface area contributed by atoms with Crippen LogP contribution in [0.4, 0.5) is 5.69 Å². The van der Waals surface area contributed by atoms with E-state index in [4.69, 9.17) is 27.9 Å². The number of carbonyl (C=O) groups excluding carboxylic acids is 2. The van der Waals surface area contributed by atoms with Gasteiger partial charge in [0.05, 0.1) is 22.1 Å². The summed E-state index contributed by atoms with van der Waals surface area (Å²) in [4.78, 5) is 23.7. The first-order valence-electron chi connectivity index (χ1n) is 8.29. The fourth-order valence-corrected chi connectivity index (χ4v) is 4.48. The van der Waals surface area contributed by atoms with Crippen molar-refractivity contribution in [3.05, 3.63) is 57.6 Å². The van der Waals surface area contributed by atoms with Gasteiger partial charge in [0.15, 0.2) is 16.4 Å². The quantitative estimate of drug-likeness (QED) is 0.654. The van der Waals surface area contributed by atoms with Gasteiger partial charge in [-0.05, 0) is 43.2 Å². The monoisotopic (exact) mass is 443 g/mol. The Labute approximate surface area is 173 Å². The molecule has 0 bridgehead atoms. The van der Waals surface area contributed by atoms with E-state index >= 15 is 0 Å². The summed E-state index contributed by atoms with van der Waals surface area (Å²) in [5.41, 5.74) is 2.41. The Balaban J connectivity index is 1.89. The number of anilines is 1. The molecule has 0 unspecified atom stereocenters. The van der Waals surface area contributed by atoms with Crippen molar-refractivity contribution >= 4 is 50.6 Å². The molecule has 1 amide bonds. The number of rotatable bonds is 7. The molecule has 0 aliphatic heterocycles. The molecule has 150 valence electrons. The lowest BCUT2D eigenvalue weighted by Gasteiger charge is -2.11. The average Bonchev–Trinajstić information content (AvgIpc) is 2.63. The van der Waals surface area contributed by atoms with Crippen LogP contribution in [0.1, 0.15) is 17.5 Å². The molecule has 0 spiro atoms. The number of carbonyl (C=O) groups is 2. The number of aryl methyl sites for hydroxylation is 2. The van der Waals surface area contributed by atoms with E-state index in [1.54, 1.807) is 0 Å². The van der Waals surface area contributed by atoms with Crippen molar-refractivity contribution in [1.82, 2.24) is 0 Å². The van der Waals surface area contributed by atoms with Crippen LogP contribution in [0.5, 0.6) is 0 Å². The largest absolute Gasteiger partial charge is 0.456 e. The van der Waals surface area contributed by atoms with Crippen molar-refractivity contribution in [2.45, 2.75) is 25.2 Å². The van der Waals surface area contributed by atoms with Crippen LogP contribution in [-0.2, 0) is 24.2 Å². The highest BCUT2D eigenvalue weighted by molar-refractivity contribution is 7.91. The molecule has 0 saturated heterocycles. The van der Waals surface area contributed by atoms with Gasteiger partial charge >= 0.3 is 5.97 Å². The van der Waals surface area contributed by atoms with E-state index in [2.05, 4.69) is 5.32 Å². The minimum atomic E-state index is -3.82. The first kappa shape index (κ1) is 22.2. The van der Waals surface area contributed by atoms with Gasteiger partial charge in [-0.1, -0.05) is 41.4 Å². The summed E-state index contributed by atoms with van der Waals surface area (Å²) in [5.74, 6) is -1.82. The third-order valence-corrected chi connectivity index (χ3v) is 6.34. The van der Waals surface area contributed by atoms with Crippen molar-refractivity contribution in [2.75, 3.05) is 17.7 Å². The standard InChI is InChI=1S/C19H19Cl2NO5S/c1-12-4-3-5-13(2)19(12)22-17(23)11-27-18(24)8-9-28(25,26)16-10-14(20)6-7-15(16)21/h3-7,10H,8-9,11H2,1-2H3,(H,22,23). The van der Waals surface area contributed by atoms with E-state index in [1.165, 1.54) is 18.2 Å². The summed E-state index contributed by atoms with van der Waals surface area (Å²) < 4.78 is 29.5. The maximum Gasteiger partial charge on any atom is 0.307 e. The Kier molecular flexibility index (Phi) is 7.46. The number of hydrogen-bond donors (Lipinski definition) is 1. The van der Waals surface area contributed by atoms with Crippen LogP contribution in [-0.4, -0.2) is 32.7 Å². The van der Waals surface area contributed by atoms with E-state index in [0.29, 0.717) is 5.69 Å². The fraction of sp³-hybridized carbons (Fsp3) is 0.263. The number of ether oxygens (including phenoxy) is 1. The second-order valence-corrected chi connectivity index (χ2v) is 9.04. The number of benzene rings is 2. The zero-order valence-electron chi connectivity index (χ0n) is 15.3. The highest BCUT2D eigenvalue weighted by Crippen LogP contribution is 2.26. The van der Waals surface area contributed by atoms with Gasteiger partial charge in [-0.25, -0.2) is 8.42 Å². The molecule has 0 radical (unpaired) electrons. The molecular weight excluding hydrogens is 425 g/mol. The second-order valence-electron chi connectivity index (χ2n) is 6.12. The van der Waals surface area contributed by atoms with Gasteiger partial charge in [0.2, 0.25) is 0 Å². The Bertz CT molecular complexity index is 985. The predicted molar refractivity (Wildman–Crippen MR) is 109 cm³/mol. The number of para-hydroxylation sites is 1. The van der Waals surface area contributed by atoms with Crippen LogP contribution in [0.2, 0.25) is 10.0 Å². The Morgan fingerprint density at radius 2 is 1.71 bits per heavy atom. The summed E-state index contributed by atoms with van der Waals surface area (Å²) in [6.07, 6.45) is -0.415. The summed E-state index contributed by atoms with van der Waals surface area (Å²) in [6, 6.07) is 9.62. The molecule has 0 fully saturated rings. The van der Waals surface area contributed by atoms with Crippen LogP contribution in [0, 0.1) is 13.8 Å². The molecule has 9 heteroatoms. The maximum atomic E-state index is 12.3. The van der Waals surface area contributed by atoms with Crippen molar-refractivity contribution < 1.29 is 22.7 Å². The summed E-state index contributed by atoms with van der Waals surface area (Å²) in [5, 5.41) is 2.91. The third kappa shape index (κ3) is 5.95. The molecule has 28 heavy (non-hydrogen) atoms. The van der Waals surface area contributed by atoms with Gasteiger partial charge in [-0.15, -0.1) is 0 Å². The minimum Gasteiger partial charge on any atom is -0.456 e. The van der Waals surface area contributed by atoms with Gasteiger partial charge in [-0.2, -0.15) is 0 Å². The normalized spacial score (nSPS) is 11.1. The van der Waals surface area contributed by atoms with Gasteiger partial charge in [0, 0.05) is 10.7 Å². The van der Waals surface area contributed by atoms with Crippen molar-refractivity contribution in [3.8, 4) is 0 Å². The number of halogens is 2. The van der Waals surface area contributed by atoms with E-state index in [-0.39, 0.29) is 14.9 Å². The predicted octanol–water partition coefficient (Wildman–Crippen LogP) is 3.96. The van der Waals surface area contributed by atoms with Crippen LogP contribution in [0.25, 0.3) is 0 Å². The zero-order valence-corrected chi connectivity index (χ0v) is 17.6. The van der Waals surface area contributed by atoms with Crippen LogP contribution in [0.3, 0.4) is 0 Å². The summed E-state index contributed by atoms with van der Waals surface area (Å²) in [7, 11) is -3.82. The SMILES string of the molecule is Cc1cccc(C)c1NC(=O)COC(=O)CCS(=O)(=O)c1cc(Cl)ccc1Cl.